The normalized spacial score (nSPS) is 15.3. The summed E-state index contributed by atoms with van der Waals surface area (Å²) in [6.07, 6.45) is 4.74. The quantitative estimate of drug-likeness (QED) is 0.788. The van der Waals surface area contributed by atoms with Gasteiger partial charge in [-0.3, -0.25) is 9.59 Å². The highest BCUT2D eigenvalue weighted by atomic mass is 32.2. The maximum atomic E-state index is 12.5. The van der Waals surface area contributed by atoms with Crippen molar-refractivity contribution in [2.75, 3.05) is 31.7 Å². The average molecular weight is 336 g/mol. The zero-order chi connectivity index (χ0) is 16.5. The Hall–Kier alpha value is -1.69. The minimum absolute atomic E-state index is 0.0320. The van der Waals surface area contributed by atoms with Gasteiger partial charge in [0.15, 0.2) is 6.61 Å². The molecule has 0 saturated carbocycles. The molecule has 23 heavy (non-hydrogen) atoms. The number of rotatable bonds is 8. The fourth-order valence-corrected chi connectivity index (χ4v) is 3.02. The summed E-state index contributed by atoms with van der Waals surface area (Å²) >= 11 is 1.67. The van der Waals surface area contributed by atoms with E-state index in [-0.39, 0.29) is 18.4 Å². The first-order chi connectivity index (χ1) is 11.2. The number of thioether (sulfide) groups is 1. The van der Waals surface area contributed by atoms with Crippen molar-refractivity contribution in [2.24, 2.45) is 0 Å². The van der Waals surface area contributed by atoms with Crippen LogP contribution in [-0.4, -0.2) is 54.5 Å². The maximum Gasteiger partial charge on any atom is 0.258 e. The van der Waals surface area contributed by atoms with Crippen LogP contribution in [0.2, 0.25) is 0 Å². The van der Waals surface area contributed by atoms with Crippen molar-refractivity contribution in [3.63, 3.8) is 0 Å². The molecule has 1 fully saturated rings. The molecule has 6 heteroatoms. The second-order valence-electron chi connectivity index (χ2n) is 5.54. The average Bonchev–Trinajstić information content (AvgIpc) is 3.11. The topological polar surface area (TPSA) is 58.6 Å². The van der Waals surface area contributed by atoms with Crippen LogP contribution in [0.5, 0.6) is 5.75 Å². The number of carbonyl (C=O) groups excluding carboxylic acids is 2. The van der Waals surface area contributed by atoms with Crippen LogP contribution < -0.4 is 10.1 Å². The monoisotopic (exact) mass is 336 g/mol. The summed E-state index contributed by atoms with van der Waals surface area (Å²) in [5, 5.41) is 2.83. The number of ether oxygens (including phenoxy) is 1. The molecule has 1 aromatic rings. The van der Waals surface area contributed by atoms with Crippen molar-refractivity contribution in [3.8, 4) is 5.75 Å². The molecule has 1 unspecified atom stereocenters. The molecular weight excluding hydrogens is 312 g/mol. The van der Waals surface area contributed by atoms with Crippen molar-refractivity contribution < 1.29 is 14.3 Å². The van der Waals surface area contributed by atoms with Gasteiger partial charge in [-0.2, -0.15) is 11.8 Å². The van der Waals surface area contributed by atoms with Gasteiger partial charge >= 0.3 is 0 Å². The Kier molecular flexibility index (Phi) is 7.26. The standard InChI is InChI=1S/C17H24N2O3S/c1-23-12-9-15(17(21)19-10-5-6-11-19)18-16(20)13-22-14-7-3-2-4-8-14/h2-4,7-8,15H,5-6,9-13H2,1H3,(H,18,20). The minimum atomic E-state index is -0.451. The van der Waals surface area contributed by atoms with Gasteiger partial charge in [-0.05, 0) is 43.4 Å². The molecule has 0 spiro atoms. The van der Waals surface area contributed by atoms with E-state index in [9.17, 15) is 9.59 Å². The molecule has 1 aliphatic rings. The first kappa shape index (κ1) is 17.7. The van der Waals surface area contributed by atoms with Gasteiger partial charge in [0.25, 0.3) is 5.91 Å². The fourth-order valence-electron chi connectivity index (χ4n) is 2.55. The van der Waals surface area contributed by atoms with Gasteiger partial charge in [0.2, 0.25) is 5.91 Å². The summed E-state index contributed by atoms with van der Waals surface area (Å²) in [4.78, 5) is 26.5. The number of nitrogens with zero attached hydrogens (tertiary/aromatic N) is 1. The van der Waals surface area contributed by atoms with E-state index in [1.165, 1.54) is 0 Å². The SMILES string of the molecule is CSCCC(NC(=O)COc1ccccc1)C(=O)N1CCCC1. The number of carbonyl (C=O) groups is 2. The van der Waals surface area contributed by atoms with Crippen LogP contribution in [0.25, 0.3) is 0 Å². The predicted molar refractivity (Wildman–Crippen MR) is 92.7 cm³/mol. The minimum Gasteiger partial charge on any atom is -0.484 e. The number of likely N-dealkylation sites (tertiary alicyclic amines) is 1. The number of hydrogen-bond donors (Lipinski definition) is 1. The van der Waals surface area contributed by atoms with Gasteiger partial charge in [0, 0.05) is 13.1 Å². The second-order valence-corrected chi connectivity index (χ2v) is 6.52. The fraction of sp³-hybridized carbons (Fsp3) is 0.529. The van der Waals surface area contributed by atoms with Crippen molar-refractivity contribution in [1.29, 1.82) is 0 Å². The zero-order valence-corrected chi connectivity index (χ0v) is 14.3. The number of benzene rings is 1. The molecule has 5 nitrogen and oxygen atoms in total. The van der Waals surface area contributed by atoms with E-state index in [4.69, 9.17) is 4.74 Å². The number of para-hydroxylation sites is 1. The van der Waals surface area contributed by atoms with Crippen molar-refractivity contribution in [2.45, 2.75) is 25.3 Å². The lowest BCUT2D eigenvalue weighted by molar-refractivity contribution is -0.136. The third-order valence-electron chi connectivity index (χ3n) is 3.77. The Morgan fingerprint density at radius 2 is 1.96 bits per heavy atom. The number of nitrogens with one attached hydrogen (secondary N) is 1. The zero-order valence-electron chi connectivity index (χ0n) is 13.5. The Bertz CT molecular complexity index is 504. The van der Waals surface area contributed by atoms with Gasteiger partial charge in [-0.1, -0.05) is 18.2 Å². The van der Waals surface area contributed by atoms with Gasteiger partial charge in [-0.15, -0.1) is 0 Å². The number of amides is 2. The third kappa shape index (κ3) is 5.78. The molecule has 2 rings (SSSR count). The first-order valence-corrected chi connectivity index (χ1v) is 9.35. The summed E-state index contributed by atoms with van der Waals surface area (Å²) in [7, 11) is 0. The van der Waals surface area contributed by atoms with E-state index < -0.39 is 6.04 Å². The van der Waals surface area contributed by atoms with Crippen LogP contribution in [-0.2, 0) is 9.59 Å². The highest BCUT2D eigenvalue weighted by Crippen LogP contribution is 2.12. The predicted octanol–water partition coefficient (Wildman–Crippen LogP) is 1.93. The summed E-state index contributed by atoms with van der Waals surface area (Å²) in [5.41, 5.74) is 0. The van der Waals surface area contributed by atoms with E-state index in [0.717, 1.165) is 31.7 Å². The Morgan fingerprint density at radius 3 is 2.61 bits per heavy atom. The summed E-state index contributed by atoms with van der Waals surface area (Å²) in [6, 6.07) is 8.74. The van der Waals surface area contributed by atoms with Crippen LogP contribution in [0, 0.1) is 0 Å². The van der Waals surface area contributed by atoms with Crippen LogP contribution >= 0.6 is 11.8 Å². The Balaban J connectivity index is 1.85. The van der Waals surface area contributed by atoms with Gasteiger partial charge in [0.05, 0.1) is 0 Å². The summed E-state index contributed by atoms with van der Waals surface area (Å²) in [6.45, 7) is 1.52. The lowest BCUT2D eigenvalue weighted by atomic mass is 10.2. The molecule has 0 radical (unpaired) electrons. The molecule has 1 atom stereocenters. The summed E-state index contributed by atoms with van der Waals surface area (Å²) < 4.78 is 5.44. The van der Waals surface area contributed by atoms with Crippen molar-refractivity contribution in [3.05, 3.63) is 30.3 Å². The van der Waals surface area contributed by atoms with Gasteiger partial charge in [-0.25, -0.2) is 0 Å². The molecule has 1 heterocycles. The van der Waals surface area contributed by atoms with E-state index >= 15 is 0 Å². The number of hydrogen-bond acceptors (Lipinski definition) is 4. The van der Waals surface area contributed by atoms with Crippen LogP contribution in [0.15, 0.2) is 30.3 Å². The van der Waals surface area contributed by atoms with Gasteiger partial charge < -0.3 is 15.0 Å². The van der Waals surface area contributed by atoms with E-state index in [1.54, 1.807) is 23.9 Å². The lowest BCUT2D eigenvalue weighted by Crippen LogP contribution is -2.49. The third-order valence-corrected chi connectivity index (χ3v) is 4.42. The smallest absolute Gasteiger partial charge is 0.258 e. The largest absolute Gasteiger partial charge is 0.484 e. The first-order valence-electron chi connectivity index (χ1n) is 7.95. The lowest BCUT2D eigenvalue weighted by Gasteiger charge is -2.24. The Labute approximate surface area is 141 Å². The Morgan fingerprint density at radius 1 is 1.26 bits per heavy atom. The molecule has 1 aromatic carbocycles. The molecule has 0 aliphatic carbocycles. The highest BCUT2D eigenvalue weighted by Gasteiger charge is 2.27. The van der Waals surface area contributed by atoms with E-state index in [2.05, 4.69) is 5.32 Å². The molecule has 0 aromatic heterocycles. The molecular formula is C17H24N2O3S. The maximum absolute atomic E-state index is 12.5. The summed E-state index contributed by atoms with van der Waals surface area (Å²) in [5.74, 6) is 1.26. The van der Waals surface area contributed by atoms with Gasteiger partial charge in [0.1, 0.15) is 11.8 Å². The highest BCUT2D eigenvalue weighted by molar-refractivity contribution is 7.98. The van der Waals surface area contributed by atoms with E-state index in [1.807, 2.05) is 29.4 Å². The van der Waals surface area contributed by atoms with Crippen LogP contribution in [0.3, 0.4) is 0 Å². The second kappa shape index (κ2) is 9.45. The molecule has 1 aliphatic heterocycles. The van der Waals surface area contributed by atoms with Crippen molar-refractivity contribution in [1.82, 2.24) is 10.2 Å². The molecule has 126 valence electrons. The van der Waals surface area contributed by atoms with E-state index in [0.29, 0.717) is 12.2 Å². The van der Waals surface area contributed by atoms with Crippen LogP contribution in [0.4, 0.5) is 0 Å². The molecule has 2 amide bonds. The van der Waals surface area contributed by atoms with Crippen molar-refractivity contribution >= 4 is 23.6 Å². The molecule has 1 saturated heterocycles. The molecule has 1 N–H and O–H groups in total. The van der Waals surface area contributed by atoms with Crippen LogP contribution in [0.1, 0.15) is 19.3 Å². The molecule has 0 bridgehead atoms.